The van der Waals surface area contributed by atoms with E-state index >= 15 is 0 Å². The van der Waals surface area contributed by atoms with Crippen LogP contribution in [0.3, 0.4) is 0 Å². The van der Waals surface area contributed by atoms with Gasteiger partial charge in [-0.25, -0.2) is 0 Å². The third-order valence-electron chi connectivity index (χ3n) is 6.12. The first kappa shape index (κ1) is 21.2. The van der Waals surface area contributed by atoms with Crippen LogP contribution in [0.15, 0.2) is 84.9 Å². The van der Waals surface area contributed by atoms with E-state index in [2.05, 4.69) is 93.6 Å². The third-order valence-corrected chi connectivity index (χ3v) is 9.52. The molecule has 1 heterocycles. The van der Waals surface area contributed by atoms with Crippen molar-refractivity contribution in [3.63, 3.8) is 0 Å². The normalized spacial score (nSPS) is 26.0. The van der Waals surface area contributed by atoms with Gasteiger partial charge in [0.1, 0.15) is 0 Å². The lowest BCUT2D eigenvalue weighted by Gasteiger charge is -2.25. The summed E-state index contributed by atoms with van der Waals surface area (Å²) in [4.78, 5) is 0. The molecule has 30 heavy (non-hydrogen) atoms. The Bertz CT molecular complexity index is 872. The molecule has 0 spiro atoms. The predicted octanol–water partition coefficient (Wildman–Crippen LogP) is 6.06. The molecule has 1 aliphatic heterocycles. The van der Waals surface area contributed by atoms with Crippen LogP contribution in [-0.4, -0.2) is 23.5 Å². The van der Waals surface area contributed by atoms with Crippen molar-refractivity contribution in [3.05, 3.63) is 102 Å². The molecule has 2 nitrogen and oxygen atoms in total. The minimum Gasteiger partial charge on any atom is -0.370 e. The maximum Gasteiger partial charge on any atom is 0.0915 e. The fourth-order valence-corrected chi connectivity index (χ4v) is 8.03. The molecule has 1 unspecified atom stereocenters. The molecule has 0 amide bonds. The molecule has 3 heteroatoms. The Labute approximate surface area is 182 Å². The van der Waals surface area contributed by atoms with E-state index in [-0.39, 0.29) is 20.1 Å². The minimum absolute atomic E-state index is 0.0923. The van der Waals surface area contributed by atoms with E-state index in [1.165, 1.54) is 22.0 Å². The van der Waals surface area contributed by atoms with E-state index in [9.17, 15) is 0 Å². The number of aryl methyl sites for hydroxylation is 1. The van der Waals surface area contributed by atoms with Gasteiger partial charge in [-0.3, -0.25) is 0 Å². The lowest BCUT2D eigenvalue weighted by molar-refractivity contribution is -0.0758. The quantitative estimate of drug-likeness (QED) is 0.434. The average molecular weight is 419 g/mol. The predicted molar refractivity (Wildman–Crippen MR) is 127 cm³/mol. The van der Waals surface area contributed by atoms with Crippen LogP contribution < -0.4 is 5.30 Å². The first-order valence-electron chi connectivity index (χ1n) is 10.8. The van der Waals surface area contributed by atoms with Gasteiger partial charge in [0.25, 0.3) is 0 Å². The average Bonchev–Trinajstić information content (AvgIpc) is 3.01. The summed E-state index contributed by atoms with van der Waals surface area (Å²) in [5, 5.41) is 1.49. The summed E-state index contributed by atoms with van der Waals surface area (Å²) in [6, 6.07) is 29.8. The Morgan fingerprint density at radius 2 is 1.07 bits per heavy atom. The van der Waals surface area contributed by atoms with Crippen LogP contribution >= 0.6 is 7.92 Å². The van der Waals surface area contributed by atoms with Crippen molar-refractivity contribution < 1.29 is 9.47 Å². The Kier molecular flexibility index (Phi) is 7.00. The van der Waals surface area contributed by atoms with Crippen LogP contribution in [0.25, 0.3) is 0 Å². The first-order valence-corrected chi connectivity index (χ1v) is 12.3. The highest BCUT2D eigenvalue weighted by Crippen LogP contribution is 2.56. The van der Waals surface area contributed by atoms with E-state index in [4.69, 9.17) is 9.47 Å². The smallest absolute Gasteiger partial charge is 0.0915 e. The number of benzene rings is 3. The van der Waals surface area contributed by atoms with Crippen LogP contribution in [0.2, 0.25) is 0 Å². The molecular weight excluding hydrogens is 387 g/mol. The zero-order valence-electron chi connectivity index (χ0n) is 18.1. The lowest BCUT2D eigenvalue weighted by atomic mass is 10.1. The number of ether oxygens (including phenoxy) is 2. The Hall–Kier alpha value is -1.99. The summed E-state index contributed by atoms with van der Waals surface area (Å²) in [5.41, 5.74) is 4.70. The summed E-state index contributed by atoms with van der Waals surface area (Å²) in [5.74, 6) is 0. The highest BCUT2D eigenvalue weighted by atomic mass is 31.1. The summed E-state index contributed by atoms with van der Waals surface area (Å²) in [7, 11) is -0.373. The molecule has 0 bridgehead atoms. The lowest BCUT2D eigenvalue weighted by Crippen LogP contribution is -2.36. The van der Waals surface area contributed by atoms with Crippen LogP contribution in [0.4, 0.5) is 0 Å². The fraction of sp³-hybridized carbons (Fsp3) is 0.333. The number of hydrogen-bond acceptors (Lipinski definition) is 2. The second-order valence-corrected chi connectivity index (χ2v) is 11.1. The van der Waals surface area contributed by atoms with Crippen molar-refractivity contribution in [2.45, 2.75) is 57.5 Å². The second-order valence-electron chi connectivity index (χ2n) is 8.20. The third kappa shape index (κ3) is 4.67. The second kappa shape index (κ2) is 9.88. The number of hydrogen-bond donors (Lipinski definition) is 0. The van der Waals surface area contributed by atoms with E-state index in [0.29, 0.717) is 24.5 Å². The summed E-state index contributed by atoms with van der Waals surface area (Å²) in [6.07, 6.45) is 0.185. The molecule has 1 fully saturated rings. The molecule has 3 aromatic rings. The minimum atomic E-state index is -0.373. The molecule has 0 saturated carbocycles. The van der Waals surface area contributed by atoms with Gasteiger partial charge in [-0.15, -0.1) is 0 Å². The van der Waals surface area contributed by atoms with Gasteiger partial charge in [-0.1, -0.05) is 107 Å². The van der Waals surface area contributed by atoms with E-state index in [1.54, 1.807) is 0 Å². The van der Waals surface area contributed by atoms with Crippen molar-refractivity contribution in [2.24, 2.45) is 0 Å². The van der Waals surface area contributed by atoms with E-state index in [1.807, 2.05) is 12.1 Å². The SMILES string of the molecule is Cc1ccccc1P1[C@@H](C)[C@H](OCc2ccccc2)[C@H](OCc2ccccc2)[C@@H]1C. The first-order chi connectivity index (χ1) is 14.6. The largest absolute Gasteiger partial charge is 0.370 e. The molecular formula is C27H31O2P. The summed E-state index contributed by atoms with van der Waals surface area (Å²) < 4.78 is 13.1. The molecule has 5 atom stereocenters. The monoisotopic (exact) mass is 418 g/mol. The molecule has 4 rings (SSSR count). The Morgan fingerprint density at radius 3 is 1.53 bits per heavy atom. The van der Waals surface area contributed by atoms with Gasteiger partial charge in [0.15, 0.2) is 0 Å². The van der Waals surface area contributed by atoms with Crippen LogP contribution in [0, 0.1) is 6.92 Å². The van der Waals surface area contributed by atoms with Gasteiger partial charge in [0.05, 0.1) is 25.4 Å². The van der Waals surface area contributed by atoms with Gasteiger partial charge in [-0.05, 0) is 28.9 Å². The maximum absolute atomic E-state index is 6.56. The molecule has 0 radical (unpaired) electrons. The molecule has 3 aromatic carbocycles. The highest BCUT2D eigenvalue weighted by Gasteiger charge is 2.48. The Balaban J connectivity index is 1.56. The zero-order valence-corrected chi connectivity index (χ0v) is 19.0. The van der Waals surface area contributed by atoms with Crippen LogP contribution in [-0.2, 0) is 22.7 Å². The van der Waals surface area contributed by atoms with Gasteiger partial charge in [0.2, 0.25) is 0 Å². The van der Waals surface area contributed by atoms with E-state index < -0.39 is 0 Å². The van der Waals surface area contributed by atoms with E-state index in [0.717, 1.165) is 0 Å². The highest BCUT2D eigenvalue weighted by molar-refractivity contribution is 7.67. The fourth-order valence-electron chi connectivity index (χ4n) is 4.53. The zero-order chi connectivity index (χ0) is 20.9. The van der Waals surface area contributed by atoms with Crippen molar-refractivity contribution in [3.8, 4) is 0 Å². The van der Waals surface area contributed by atoms with Gasteiger partial charge in [-0.2, -0.15) is 0 Å². The summed E-state index contributed by atoms with van der Waals surface area (Å²) >= 11 is 0. The molecule has 0 aliphatic carbocycles. The standard InChI is InChI=1S/C27H31O2P/c1-20-12-10-11-17-25(20)30-21(2)26(28-18-23-13-6-4-7-14-23)27(22(30)3)29-19-24-15-8-5-9-16-24/h4-17,21-22,26-27H,18-19H2,1-3H3/t21-,22-,26-,27+,30?/m0/s1. The molecule has 0 N–H and O–H groups in total. The van der Waals surface area contributed by atoms with Gasteiger partial charge in [0, 0.05) is 11.3 Å². The van der Waals surface area contributed by atoms with Crippen molar-refractivity contribution in [1.82, 2.24) is 0 Å². The molecule has 156 valence electrons. The van der Waals surface area contributed by atoms with Crippen molar-refractivity contribution in [2.75, 3.05) is 0 Å². The van der Waals surface area contributed by atoms with Gasteiger partial charge < -0.3 is 9.47 Å². The number of rotatable bonds is 7. The maximum atomic E-state index is 6.56. The van der Waals surface area contributed by atoms with Crippen molar-refractivity contribution >= 4 is 13.2 Å². The van der Waals surface area contributed by atoms with Gasteiger partial charge >= 0.3 is 0 Å². The topological polar surface area (TPSA) is 18.5 Å². The summed E-state index contributed by atoms with van der Waals surface area (Å²) in [6.45, 7) is 8.21. The van der Waals surface area contributed by atoms with Crippen LogP contribution in [0.5, 0.6) is 0 Å². The Morgan fingerprint density at radius 1 is 0.633 bits per heavy atom. The molecule has 0 aromatic heterocycles. The molecule has 1 aliphatic rings. The molecule has 1 saturated heterocycles. The van der Waals surface area contributed by atoms with Crippen molar-refractivity contribution in [1.29, 1.82) is 0 Å². The van der Waals surface area contributed by atoms with Crippen LogP contribution in [0.1, 0.15) is 30.5 Å².